The van der Waals surface area contributed by atoms with Crippen molar-refractivity contribution in [2.75, 3.05) is 33.0 Å². The normalized spacial score (nSPS) is 16.1. The Bertz CT molecular complexity index is 1740. The van der Waals surface area contributed by atoms with Gasteiger partial charge in [0.2, 0.25) is 0 Å². The number of fused-ring (bicyclic) bond motifs is 6. The standard InChI is InChI=1S/C33H27Cl2NO7/c1-36(20-11-8-19(9-12-20)10-13-31(37)40-3)27-16-28-23(14-25(27)34)33(22-7-5-4-6-21(22)32(38)43-33)24-15-26(35)30(41-18-39-2)17-29(24)42-28/h4-9,11-12,14-17H,10,13,18H2,1-3H3. The molecular weight excluding hydrogens is 593 g/mol. The number of carbonyl (C=O) groups is 2. The summed E-state index contributed by atoms with van der Waals surface area (Å²) in [5.74, 6) is 0.514. The summed E-state index contributed by atoms with van der Waals surface area (Å²) < 4.78 is 28.2. The molecule has 4 aromatic rings. The van der Waals surface area contributed by atoms with Gasteiger partial charge in [0.05, 0.1) is 28.4 Å². The molecule has 1 unspecified atom stereocenters. The lowest BCUT2D eigenvalue weighted by atomic mass is 9.77. The maximum absolute atomic E-state index is 13.2. The highest BCUT2D eigenvalue weighted by Crippen LogP contribution is 2.58. The minimum absolute atomic E-state index is 0.00984. The van der Waals surface area contributed by atoms with E-state index in [0.29, 0.717) is 68.1 Å². The van der Waals surface area contributed by atoms with Crippen molar-refractivity contribution in [2.45, 2.75) is 18.4 Å². The van der Waals surface area contributed by atoms with E-state index in [1.165, 1.54) is 14.2 Å². The van der Waals surface area contributed by atoms with Crippen LogP contribution < -0.4 is 14.4 Å². The lowest BCUT2D eigenvalue weighted by molar-refractivity contribution is -0.140. The second-order valence-corrected chi connectivity index (χ2v) is 11.0. The van der Waals surface area contributed by atoms with E-state index in [2.05, 4.69) is 0 Å². The Hall–Kier alpha value is -4.24. The summed E-state index contributed by atoms with van der Waals surface area (Å²) in [7, 11) is 4.79. The van der Waals surface area contributed by atoms with E-state index in [-0.39, 0.29) is 12.8 Å². The fourth-order valence-electron chi connectivity index (χ4n) is 5.54. The SMILES string of the molecule is COCOc1cc2c(cc1Cl)C1(OC(=O)c3ccccc31)c1cc(Cl)c(N(C)c3ccc(CCC(=O)OC)cc3)cc1O2. The molecule has 6 rings (SSSR count). The molecule has 0 saturated carbocycles. The molecule has 2 aliphatic rings. The number of benzene rings is 4. The van der Waals surface area contributed by atoms with Crippen LogP contribution in [0.2, 0.25) is 10.0 Å². The number of hydrogen-bond donors (Lipinski definition) is 0. The first-order valence-corrected chi connectivity index (χ1v) is 14.2. The van der Waals surface area contributed by atoms with Crippen molar-refractivity contribution in [2.24, 2.45) is 0 Å². The van der Waals surface area contributed by atoms with Crippen molar-refractivity contribution in [3.05, 3.63) is 111 Å². The van der Waals surface area contributed by atoms with Gasteiger partial charge in [-0.3, -0.25) is 4.79 Å². The molecule has 0 amide bonds. The fourth-order valence-corrected chi connectivity index (χ4v) is 6.05. The van der Waals surface area contributed by atoms with Crippen molar-refractivity contribution in [3.63, 3.8) is 0 Å². The summed E-state index contributed by atoms with van der Waals surface area (Å²) in [5, 5.41) is 0.731. The molecule has 220 valence electrons. The number of anilines is 2. The molecule has 4 aromatic carbocycles. The van der Waals surface area contributed by atoms with Gasteiger partial charge in [0.15, 0.2) is 12.4 Å². The summed E-state index contributed by atoms with van der Waals surface area (Å²) in [6.45, 7) is -0.00984. The molecule has 8 nitrogen and oxygen atoms in total. The molecule has 0 aliphatic carbocycles. The number of rotatable bonds is 8. The van der Waals surface area contributed by atoms with Gasteiger partial charge in [-0.25, -0.2) is 4.79 Å². The first-order valence-electron chi connectivity index (χ1n) is 13.5. The third-order valence-electron chi connectivity index (χ3n) is 7.70. The average molecular weight is 620 g/mol. The van der Waals surface area contributed by atoms with Gasteiger partial charge in [-0.1, -0.05) is 53.5 Å². The third-order valence-corrected chi connectivity index (χ3v) is 8.29. The van der Waals surface area contributed by atoms with Crippen molar-refractivity contribution >= 4 is 46.5 Å². The van der Waals surface area contributed by atoms with Gasteiger partial charge in [-0.05, 0) is 42.3 Å². The lowest BCUT2D eigenvalue weighted by Gasteiger charge is -2.37. The molecule has 0 fully saturated rings. The van der Waals surface area contributed by atoms with Gasteiger partial charge in [0.1, 0.15) is 17.2 Å². The number of nitrogens with zero attached hydrogens (tertiary/aromatic N) is 1. The number of aryl methyl sites for hydroxylation is 1. The summed E-state index contributed by atoms with van der Waals surface area (Å²) in [6, 6.07) is 22.0. The lowest BCUT2D eigenvalue weighted by Crippen LogP contribution is -2.33. The second-order valence-electron chi connectivity index (χ2n) is 10.1. The highest BCUT2D eigenvalue weighted by Gasteiger charge is 2.54. The molecule has 2 heterocycles. The zero-order valence-electron chi connectivity index (χ0n) is 23.6. The molecule has 0 aromatic heterocycles. The Kier molecular flexibility index (Phi) is 7.68. The summed E-state index contributed by atoms with van der Waals surface area (Å²) in [6.07, 6.45) is 0.881. The molecule has 0 radical (unpaired) electrons. The van der Waals surface area contributed by atoms with Crippen LogP contribution >= 0.6 is 23.2 Å². The minimum atomic E-state index is -1.35. The summed E-state index contributed by atoms with van der Waals surface area (Å²) >= 11 is 13.6. The maximum Gasteiger partial charge on any atom is 0.340 e. The Morgan fingerprint density at radius 2 is 1.60 bits per heavy atom. The molecule has 43 heavy (non-hydrogen) atoms. The van der Waals surface area contributed by atoms with Crippen molar-refractivity contribution < 1.29 is 33.3 Å². The minimum Gasteiger partial charge on any atom is -0.469 e. The number of ether oxygens (including phenoxy) is 5. The topological polar surface area (TPSA) is 83.5 Å². The van der Waals surface area contributed by atoms with Crippen LogP contribution in [0.1, 0.15) is 39.0 Å². The molecule has 0 bridgehead atoms. The number of hydrogen-bond acceptors (Lipinski definition) is 8. The number of methoxy groups -OCH3 is 2. The van der Waals surface area contributed by atoms with E-state index in [4.69, 9.17) is 46.9 Å². The van der Waals surface area contributed by atoms with E-state index in [9.17, 15) is 9.59 Å². The van der Waals surface area contributed by atoms with Crippen molar-refractivity contribution in [3.8, 4) is 17.2 Å². The van der Waals surface area contributed by atoms with Crippen LogP contribution in [0.15, 0.2) is 72.8 Å². The van der Waals surface area contributed by atoms with Crippen LogP contribution in [-0.4, -0.2) is 40.0 Å². The van der Waals surface area contributed by atoms with Crippen LogP contribution in [0.3, 0.4) is 0 Å². The summed E-state index contributed by atoms with van der Waals surface area (Å²) in [4.78, 5) is 26.7. The van der Waals surface area contributed by atoms with E-state index in [1.54, 1.807) is 30.3 Å². The van der Waals surface area contributed by atoms with Gasteiger partial charge in [-0.15, -0.1) is 0 Å². The van der Waals surface area contributed by atoms with E-state index < -0.39 is 11.6 Å². The monoisotopic (exact) mass is 619 g/mol. The Morgan fingerprint density at radius 3 is 2.33 bits per heavy atom. The fraction of sp³-hybridized carbons (Fsp3) is 0.212. The van der Waals surface area contributed by atoms with Gasteiger partial charge < -0.3 is 28.6 Å². The van der Waals surface area contributed by atoms with Crippen LogP contribution in [0.5, 0.6) is 17.2 Å². The molecule has 1 atom stereocenters. The number of carbonyl (C=O) groups excluding carboxylic acids is 2. The van der Waals surface area contributed by atoms with Gasteiger partial charge >= 0.3 is 11.9 Å². The molecule has 1 spiro atoms. The Balaban J connectivity index is 1.44. The zero-order chi connectivity index (χ0) is 30.3. The first-order chi connectivity index (χ1) is 20.8. The highest BCUT2D eigenvalue weighted by atomic mass is 35.5. The van der Waals surface area contributed by atoms with Gasteiger partial charge in [0, 0.05) is 55.1 Å². The number of esters is 2. The van der Waals surface area contributed by atoms with E-state index >= 15 is 0 Å². The van der Waals surface area contributed by atoms with E-state index in [1.807, 2.05) is 54.4 Å². The summed E-state index contributed by atoms with van der Waals surface area (Å²) in [5.41, 5.74) is 3.43. The van der Waals surface area contributed by atoms with Gasteiger partial charge in [0.25, 0.3) is 0 Å². The second kappa shape index (κ2) is 11.4. The predicted molar refractivity (Wildman–Crippen MR) is 162 cm³/mol. The van der Waals surface area contributed by atoms with Crippen LogP contribution in [0.25, 0.3) is 0 Å². The Labute approximate surface area is 258 Å². The molecule has 0 saturated heterocycles. The van der Waals surface area contributed by atoms with Crippen LogP contribution in [0, 0.1) is 0 Å². The first kappa shape index (κ1) is 28.9. The molecule has 2 aliphatic heterocycles. The highest BCUT2D eigenvalue weighted by molar-refractivity contribution is 6.33. The molecular formula is C33H27Cl2NO7. The Morgan fingerprint density at radius 1 is 0.907 bits per heavy atom. The average Bonchev–Trinajstić information content (AvgIpc) is 3.32. The van der Waals surface area contributed by atoms with Crippen molar-refractivity contribution in [1.82, 2.24) is 0 Å². The quantitative estimate of drug-likeness (QED) is 0.149. The van der Waals surface area contributed by atoms with Crippen LogP contribution in [0.4, 0.5) is 11.4 Å². The van der Waals surface area contributed by atoms with Crippen molar-refractivity contribution in [1.29, 1.82) is 0 Å². The third kappa shape index (κ3) is 4.95. The maximum atomic E-state index is 13.2. The van der Waals surface area contributed by atoms with Gasteiger partial charge in [-0.2, -0.15) is 0 Å². The van der Waals surface area contributed by atoms with E-state index in [0.717, 1.165) is 11.3 Å². The molecule has 0 N–H and O–H groups in total. The smallest absolute Gasteiger partial charge is 0.340 e. The number of halogens is 2. The predicted octanol–water partition coefficient (Wildman–Crippen LogP) is 7.42. The zero-order valence-corrected chi connectivity index (χ0v) is 25.1. The largest absolute Gasteiger partial charge is 0.469 e. The molecule has 10 heteroatoms. The van der Waals surface area contributed by atoms with Crippen LogP contribution in [-0.2, 0) is 31.0 Å².